The first-order chi connectivity index (χ1) is 16.4. The lowest BCUT2D eigenvalue weighted by molar-refractivity contribution is -0.134. The van der Waals surface area contributed by atoms with E-state index < -0.39 is 12.1 Å². The van der Waals surface area contributed by atoms with E-state index in [0.29, 0.717) is 46.6 Å². The minimum absolute atomic E-state index is 0.191. The average molecular weight is 462 g/mol. The number of ether oxygens (including phenoxy) is 2. The van der Waals surface area contributed by atoms with Crippen LogP contribution in [0.4, 0.5) is 10.2 Å². The maximum absolute atomic E-state index is 13.6. The number of hydrogen-bond donors (Lipinski definition) is 1. The topological polar surface area (TPSA) is 119 Å². The Labute approximate surface area is 195 Å². The molecule has 0 bridgehead atoms. The fourth-order valence-electron chi connectivity index (χ4n) is 4.03. The van der Waals surface area contributed by atoms with E-state index in [1.807, 2.05) is 0 Å². The van der Waals surface area contributed by atoms with Gasteiger partial charge in [0.15, 0.2) is 6.17 Å². The lowest BCUT2D eigenvalue weighted by atomic mass is 10.1. The number of rotatable bonds is 4. The van der Waals surface area contributed by atoms with Gasteiger partial charge in [-0.15, -0.1) is 0 Å². The smallest absolute Gasteiger partial charge is 0.256 e. The summed E-state index contributed by atoms with van der Waals surface area (Å²) in [6, 6.07) is 7.13. The summed E-state index contributed by atoms with van der Waals surface area (Å²) in [4.78, 5) is 17.7. The molecule has 3 aromatic rings. The molecule has 9 nitrogen and oxygen atoms in total. The first kappa shape index (κ1) is 22.9. The Morgan fingerprint density at radius 2 is 1.97 bits per heavy atom. The zero-order chi connectivity index (χ0) is 24.4. The Morgan fingerprint density at radius 3 is 2.59 bits per heavy atom. The highest BCUT2D eigenvalue weighted by Crippen LogP contribution is 2.32. The summed E-state index contributed by atoms with van der Waals surface area (Å²) < 4.78 is 25.8. The van der Waals surface area contributed by atoms with E-state index in [4.69, 9.17) is 15.2 Å². The molecule has 0 radical (unpaired) electrons. The first-order valence-corrected chi connectivity index (χ1v) is 10.6. The van der Waals surface area contributed by atoms with Gasteiger partial charge in [0.05, 0.1) is 36.7 Å². The normalized spacial score (nSPS) is 16.0. The quantitative estimate of drug-likeness (QED) is 0.592. The number of nitrogen functional groups attached to an aromatic ring is 1. The molecule has 0 spiro atoms. The van der Waals surface area contributed by atoms with E-state index in [1.165, 1.54) is 18.0 Å². The predicted octanol–water partition coefficient (Wildman–Crippen LogP) is 2.43. The summed E-state index contributed by atoms with van der Waals surface area (Å²) in [6.07, 6.45) is 0.368. The number of methoxy groups -OCH3 is 2. The number of nitrogens with zero attached hydrogens (tertiary/aromatic N) is 5. The Hall–Kier alpha value is -4.31. The molecule has 34 heavy (non-hydrogen) atoms. The van der Waals surface area contributed by atoms with Crippen LogP contribution in [-0.2, 0) is 4.79 Å². The van der Waals surface area contributed by atoms with Gasteiger partial charge in [0.2, 0.25) is 0 Å². The minimum atomic E-state index is -1.58. The number of fused-ring (bicyclic) bond motifs is 1. The van der Waals surface area contributed by atoms with E-state index in [0.717, 1.165) is 0 Å². The molecule has 2 N–H and O–H groups in total. The Kier molecular flexibility index (Phi) is 6.24. The van der Waals surface area contributed by atoms with Crippen molar-refractivity contribution in [3.8, 4) is 29.4 Å². The molecular formula is C24H23FN6O3. The summed E-state index contributed by atoms with van der Waals surface area (Å²) in [7, 11) is 3.10. The van der Waals surface area contributed by atoms with Gasteiger partial charge in [-0.2, -0.15) is 10.4 Å². The number of likely N-dealkylation sites (tertiary alicyclic amines) is 1. The monoisotopic (exact) mass is 462 g/mol. The number of aromatic nitrogens is 3. The van der Waals surface area contributed by atoms with Gasteiger partial charge in [-0.1, -0.05) is 5.92 Å². The highest BCUT2D eigenvalue weighted by Gasteiger charge is 2.32. The molecule has 0 saturated carbocycles. The number of carbonyl (C=O) groups is 1. The van der Waals surface area contributed by atoms with Crippen LogP contribution in [0.1, 0.15) is 36.2 Å². The fourth-order valence-corrected chi connectivity index (χ4v) is 4.03. The van der Waals surface area contributed by atoms with E-state index in [1.54, 1.807) is 37.1 Å². The van der Waals surface area contributed by atoms with Crippen LogP contribution in [0.2, 0.25) is 0 Å². The Morgan fingerprint density at radius 1 is 1.26 bits per heavy atom. The number of benzene rings is 1. The van der Waals surface area contributed by atoms with Crippen LogP contribution in [0.3, 0.4) is 0 Å². The van der Waals surface area contributed by atoms with Gasteiger partial charge in [0.1, 0.15) is 29.1 Å². The van der Waals surface area contributed by atoms with Crippen molar-refractivity contribution in [2.75, 3.05) is 33.0 Å². The molecule has 174 valence electrons. The summed E-state index contributed by atoms with van der Waals surface area (Å²) in [5.74, 6) is 6.88. The maximum Gasteiger partial charge on any atom is 0.256 e. The van der Waals surface area contributed by atoms with Gasteiger partial charge < -0.3 is 20.1 Å². The number of halogens is 1. The maximum atomic E-state index is 13.6. The van der Waals surface area contributed by atoms with Crippen molar-refractivity contribution in [2.24, 2.45) is 0 Å². The molecular weight excluding hydrogens is 439 g/mol. The largest absolute Gasteiger partial charge is 0.497 e. The molecule has 1 fully saturated rings. The van der Waals surface area contributed by atoms with Gasteiger partial charge in [-0.3, -0.25) is 9.48 Å². The molecule has 1 amide bonds. The van der Waals surface area contributed by atoms with Crippen LogP contribution in [-0.4, -0.2) is 59.1 Å². The number of nitriles is 1. The van der Waals surface area contributed by atoms with Gasteiger partial charge >= 0.3 is 0 Å². The van der Waals surface area contributed by atoms with Crippen molar-refractivity contribution in [2.45, 2.75) is 25.6 Å². The second kappa shape index (κ2) is 9.28. The number of pyridine rings is 1. The third-order valence-corrected chi connectivity index (χ3v) is 5.71. The number of nitrogens with two attached hydrogens (primary N) is 1. The molecule has 4 rings (SSSR count). The summed E-state index contributed by atoms with van der Waals surface area (Å²) >= 11 is 0. The zero-order valence-electron chi connectivity index (χ0n) is 19.0. The lowest BCUT2D eigenvalue weighted by Gasteiger charge is -2.17. The summed E-state index contributed by atoms with van der Waals surface area (Å²) in [6.45, 7) is 1.89. The van der Waals surface area contributed by atoms with Gasteiger partial charge in [0.25, 0.3) is 5.91 Å². The van der Waals surface area contributed by atoms with E-state index in [-0.39, 0.29) is 24.0 Å². The third kappa shape index (κ3) is 4.18. The van der Waals surface area contributed by atoms with Crippen molar-refractivity contribution in [3.05, 3.63) is 41.2 Å². The molecule has 0 aliphatic carbocycles. The van der Waals surface area contributed by atoms with Crippen LogP contribution in [0.15, 0.2) is 24.4 Å². The molecule has 3 heterocycles. The number of anilines is 1. The van der Waals surface area contributed by atoms with Crippen molar-refractivity contribution in [1.29, 1.82) is 5.26 Å². The number of hydrogen-bond acceptors (Lipinski definition) is 7. The summed E-state index contributed by atoms with van der Waals surface area (Å²) in [5.41, 5.74) is 7.94. The van der Waals surface area contributed by atoms with Crippen LogP contribution >= 0.6 is 0 Å². The number of alkyl halides is 1. The molecule has 2 atom stereocenters. The second-order valence-corrected chi connectivity index (χ2v) is 7.88. The molecule has 0 unspecified atom stereocenters. The van der Waals surface area contributed by atoms with E-state index in [9.17, 15) is 14.4 Å². The molecule has 1 aromatic carbocycles. The van der Waals surface area contributed by atoms with Gasteiger partial charge in [-0.25, -0.2) is 9.37 Å². The van der Waals surface area contributed by atoms with Crippen molar-refractivity contribution < 1.29 is 18.7 Å². The molecule has 10 heteroatoms. The highest BCUT2D eigenvalue weighted by atomic mass is 19.1. The van der Waals surface area contributed by atoms with Crippen LogP contribution in [0, 0.1) is 23.2 Å². The van der Waals surface area contributed by atoms with Gasteiger partial charge in [-0.05, 0) is 31.4 Å². The van der Waals surface area contributed by atoms with Crippen LogP contribution < -0.4 is 15.2 Å². The standard InChI is InChI=1S/C24H23FN6O3/c1-14(25)24(32)30-7-6-17(13-30)31-22-16(11-26)12-28-23(27)21(22)20(29-31)5-4-15-8-18(33-2)10-19(9-15)34-3/h8-10,12,14,17H,6-7,13H2,1-3H3,(H2,27,28)/t14-,17-/m0/s1. The average Bonchev–Trinajstić information content (AvgIpc) is 3.48. The highest BCUT2D eigenvalue weighted by molar-refractivity contribution is 5.96. The fraction of sp³-hybridized carbons (Fsp3) is 0.333. The molecule has 1 aliphatic heterocycles. The van der Waals surface area contributed by atoms with Crippen LogP contribution in [0.5, 0.6) is 11.5 Å². The summed E-state index contributed by atoms with van der Waals surface area (Å²) in [5, 5.41) is 14.8. The first-order valence-electron chi connectivity index (χ1n) is 10.6. The Balaban J connectivity index is 1.81. The van der Waals surface area contributed by atoms with E-state index in [2.05, 4.69) is 28.0 Å². The number of amides is 1. The van der Waals surface area contributed by atoms with Crippen molar-refractivity contribution >= 4 is 22.6 Å². The van der Waals surface area contributed by atoms with Crippen molar-refractivity contribution in [3.63, 3.8) is 0 Å². The minimum Gasteiger partial charge on any atom is -0.497 e. The Bertz CT molecular complexity index is 1340. The van der Waals surface area contributed by atoms with E-state index >= 15 is 0 Å². The molecule has 1 aliphatic rings. The number of carbonyl (C=O) groups excluding carboxylic acids is 1. The van der Waals surface area contributed by atoms with Crippen LogP contribution in [0.25, 0.3) is 10.9 Å². The SMILES string of the molecule is COc1cc(C#Cc2nn([C@H]3CCN(C(=O)[C@H](C)F)C3)c3c(C#N)cnc(N)c23)cc(OC)c1. The van der Waals surface area contributed by atoms with Crippen molar-refractivity contribution in [1.82, 2.24) is 19.7 Å². The van der Waals surface area contributed by atoms with Gasteiger partial charge in [0, 0.05) is 30.9 Å². The zero-order valence-corrected chi connectivity index (χ0v) is 19.0. The molecule has 2 aromatic heterocycles. The molecule has 1 saturated heterocycles. The lowest BCUT2D eigenvalue weighted by Crippen LogP contribution is -2.34. The predicted molar refractivity (Wildman–Crippen MR) is 123 cm³/mol. The second-order valence-electron chi connectivity index (χ2n) is 7.88. The third-order valence-electron chi connectivity index (χ3n) is 5.71.